The maximum Gasteiger partial charge on any atom is 0.378 e. The van der Waals surface area contributed by atoms with Gasteiger partial charge in [0, 0.05) is 6.54 Å². The van der Waals surface area contributed by atoms with Crippen molar-refractivity contribution in [1.82, 2.24) is 20.1 Å². The summed E-state index contributed by atoms with van der Waals surface area (Å²) in [6.07, 6.45) is 0. The number of nitrogens with zero attached hydrogens (tertiary/aromatic N) is 3. The van der Waals surface area contributed by atoms with Crippen LogP contribution in [0.15, 0.2) is 48.5 Å². The van der Waals surface area contributed by atoms with Crippen LogP contribution in [0.5, 0.6) is 5.75 Å². The lowest BCUT2D eigenvalue weighted by Gasteiger charge is -2.07. The average Bonchev–Trinajstić information content (AvgIpc) is 3.13. The monoisotopic (exact) mass is 398 g/mol. The molecule has 0 aliphatic heterocycles. The molecule has 1 amide bonds. The van der Waals surface area contributed by atoms with Crippen molar-refractivity contribution in [2.24, 2.45) is 0 Å². The molecular weight excluding hydrogens is 379 g/mol. The molecule has 3 rings (SSSR count). The highest BCUT2D eigenvalue weighted by Crippen LogP contribution is 2.12. The number of nitrogens with one attached hydrogen (secondary N) is 1. The predicted molar refractivity (Wildman–Crippen MR) is 101 cm³/mol. The highest BCUT2D eigenvalue weighted by Gasteiger charge is 2.18. The number of amides is 1. The molecule has 2 aromatic carbocycles. The van der Waals surface area contributed by atoms with Crippen molar-refractivity contribution in [1.29, 1.82) is 0 Å². The number of carbonyl (C=O) groups excluding carboxylic acids is 2. The van der Waals surface area contributed by atoms with Crippen molar-refractivity contribution in [2.75, 3.05) is 13.7 Å². The minimum absolute atomic E-state index is 0.188. The number of benzene rings is 2. The third kappa shape index (κ3) is 5.16. The van der Waals surface area contributed by atoms with Gasteiger partial charge in [0.25, 0.3) is 11.7 Å². The van der Waals surface area contributed by atoms with E-state index in [0.717, 1.165) is 5.56 Å². The molecule has 0 aliphatic carbocycles. The molecule has 9 heteroatoms. The lowest BCUT2D eigenvalue weighted by molar-refractivity contribution is -0.124. The second-order valence-electron chi connectivity index (χ2n) is 6.08. The largest absolute Gasteiger partial charge is 0.497 e. The maximum atomic E-state index is 13.1. The Morgan fingerprint density at radius 3 is 2.66 bits per heavy atom. The van der Waals surface area contributed by atoms with Crippen molar-refractivity contribution < 1.29 is 23.5 Å². The molecule has 0 saturated heterocycles. The quantitative estimate of drug-likeness (QED) is 0.613. The minimum atomic E-state index is -0.828. The normalized spacial score (nSPS) is 10.4. The number of carbonyl (C=O) groups is 2. The molecule has 0 saturated carbocycles. The molecule has 0 atom stereocenters. The summed E-state index contributed by atoms with van der Waals surface area (Å²) in [6, 6.07) is 12.8. The first-order valence-corrected chi connectivity index (χ1v) is 8.72. The lowest BCUT2D eigenvalue weighted by Crippen LogP contribution is -2.28. The van der Waals surface area contributed by atoms with Crippen molar-refractivity contribution in [3.63, 3.8) is 0 Å². The molecule has 29 heavy (non-hydrogen) atoms. The third-order valence-corrected chi connectivity index (χ3v) is 3.98. The van der Waals surface area contributed by atoms with Crippen LogP contribution in [0.4, 0.5) is 4.39 Å². The van der Waals surface area contributed by atoms with Crippen molar-refractivity contribution in [2.45, 2.75) is 13.5 Å². The third-order valence-electron chi connectivity index (χ3n) is 3.98. The molecule has 8 nitrogen and oxygen atoms in total. The molecule has 0 radical (unpaired) electrons. The number of halogens is 1. The molecule has 0 spiro atoms. The van der Waals surface area contributed by atoms with Crippen molar-refractivity contribution >= 4 is 11.9 Å². The van der Waals surface area contributed by atoms with E-state index in [2.05, 4.69) is 15.4 Å². The van der Waals surface area contributed by atoms with E-state index in [1.54, 1.807) is 26.2 Å². The summed E-state index contributed by atoms with van der Waals surface area (Å²) in [5.41, 5.74) is 1.39. The molecule has 3 aromatic rings. The van der Waals surface area contributed by atoms with Gasteiger partial charge in [0.05, 0.1) is 12.8 Å². The van der Waals surface area contributed by atoms with Crippen LogP contribution >= 0.6 is 0 Å². The van der Waals surface area contributed by atoms with Crippen LogP contribution in [0.3, 0.4) is 0 Å². The van der Waals surface area contributed by atoms with E-state index in [9.17, 15) is 14.0 Å². The number of hydrogen-bond acceptors (Lipinski definition) is 6. The number of aromatic nitrogens is 3. The molecule has 1 heterocycles. The number of esters is 1. The summed E-state index contributed by atoms with van der Waals surface area (Å²) in [6.45, 7) is 1.45. The van der Waals surface area contributed by atoms with Gasteiger partial charge in [-0.05, 0) is 48.9 Å². The number of methoxy groups -OCH3 is 1. The van der Waals surface area contributed by atoms with E-state index in [-0.39, 0.29) is 18.2 Å². The first-order valence-electron chi connectivity index (χ1n) is 8.72. The summed E-state index contributed by atoms with van der Waals surface area (Å²) < 4.78 is 24.5. The van der Waals surface area contributed by atoms with Gasteiger partial charge in [-0.1, -0.05) is 12.1 Å². The summed E-state index contributed by atoms with van der Waals surface area (Å²) in [5.74, 6) is -0.757. The molecule has 0 fully saturated rings. The van der Waals surface area contributed by atoms with Gasteiger partial charge in [-0.2, -0.15) is 0 Å². The van der Waals surface area contributed by atoms with E-state index in [1.165, 1.54) is 28.9 Å². The number of ether oxygens (including phenoxy) is 2. The molecule has 0 bridgehead atoms. The standard InChI is InChI=1S/C20H19FN4O4/c1-13-23-19(24-25(13)16-8-6-15(21)7-9-16)20(27)29-12-18(26)22-11-14-4-3-5-17(10-14)28-2/h3-10H,11-12H2,1-2H3,(H,22,26). The number of rotatable bonds is 7. The Morgan fingerprint density at radius 1 is 1.17 bits per heavy atom. The predicted octanol–water partition coefficient (Wildman–Crippen LogP) is 2.20. The minimum Gasteiger partial charge on any atom is -0.497 e. The molecule has 1 aromatic heterocycles. The van der Waals surface area contributed by atoms with E-state index in [1.807, 2.05) is 12.1 Å². The first-order chi connectivity index (χ1) is 14.0. The summed E-state index contributed by atoms with van der Waals surface area (Å²) >= 11 is 0. The van der Waals surface area contributed by atoms with Crippen LogP contribution in [0.2, 0.25) is 0 Å². The number of aryl methyl sites for hydroxylation is 1. The Balaban J connectivity index is 1.54. The maximum absolute atomic E-state index is 13.1. The summed E-state index contributed by atoms with van der Waals surface area (Å²) in [5, 5.41) is 6.71. The molecule has 150 valence electrons. The van der Waals surface area contributed by atoms with Crippen LogP contribution in [0.1, 0.15) is 22.0 Å². The zero-order valence-electron chi connectivity index (χ0n) is 15.9. The molecular formula is C20H19FN4O4. The molecule has 0 aliphatic rings. The summed E-state index contributed by atoms with van der Waals surface area (Å²) in [4.78, 5) is 28.1. The van der Waals surface area contributed by atoms with Gasteiger partial charge in [-0.15, -0.1) is 5.10 Å². The second kappa shape index (κ2) is 8.96. The topological polar surface area (TPSA) is 95.3 Å². The Labute approximate surface area is 166 Å². The Kier molecular flexibility index (Phi) is 6.18. The lowest BCUT2D eigenvalue weighted by atomic mass is 10.2. The smallest absolute Gasteiger partial charge is 0.378 e. The fourth-order valence-corrected chi connectivity index (χ4v) is 2.53. The SMILES string of the molecule is COc1cccc(CNC(=O)COC(=O)c2nc(C)n(-c3ccc(F)cc3)n2)c1. The van der Waals surface area contributed by atoms with Gasteiger partial charge in [0.2, 0.25) is 0 Å². The van der Waals surface area contributed by atoms with Crippen LogP contribution in [0, 0.1) is 12.7 Å². The van der Waals surface area contributed by atoms with Gasteiger partial charge < -0.3 is 14.8 Å². The van der Waals surface area contributed by atoms with E-state index < -0.39 is 18.5 Å². The zero-order valence-corrected chi connectivity index (χ0v) is 15.9. The zero-order chi connectivity index (χ0) is 20.8. The van der Waals surface area contributed by atoms with Gasteiger partial charge in [0.1, 0.15) is 17.4 Å². The van der Waals surface area contributed by atoms with Crippen LogP contribution in [0.25, 0.3) is 5.69 Å². The average molecular weight is 398 g/mol. The van der Waals surface area contributed by atoms with Gasteiger partial charge >= 0.3 is 5.97 Å². The number of hydrogen-bond donors (Lipinski definition) is 1. The Bertz CT molecular complexity index is 1020. The van der Waals surface area contributed by atoms with Gasteiger partial charge in [0.15, 0.2) is 6.61 Å². The van der Waals surface area contributed by atoms with E-state index in [0.29, 0.717) is 17.3 Å². The summed E-state index contributed by atoms with van der Waals surface area (Å²) in [7, 11) is 1.56. The molecule has 1 N–H and O–H groups in total. The molecule has 0 unspecified atom stereocenters. The van der Waals surface area contributed by atoms with Crippen molar-refractivity contribution in [3.8, 4) is 11.4 Å². The van der Waals surface area contributed by atoms with Gasteiger partial charge in [-0.25, -0.2) is 18.9 Å². The first kappa shape index (κ1) is 20.0. The second-order valence-corrected chi connectivity index (χ2v) is 6.08. The highest BCUT2D eigenvalue weighted by atomic mass is 19.1. The van der Waals surface area contributed by atoms with Gasteiger partial charge in [-0.3, -0.25) is 4.79 Å². The Hall–Kier alpha value is -3.75. The van der Waals surface area contributed by atoms with E-state index >= 15 is 0 Å². The fourth-order valence-electron chi connectivity index (χ4n) is 2.53. The highest BCUT2D eigenvalue weighted by molar-refractivity contribution is 5.87. The van der Waals surface area contributed by atoms with Crippen molar-refractivity contribution in [3.05, 3.63) is 71.6 Å². The van der Waals surface area contributed by atoms with Crippen LogP contribution < -0.4 is 10.1 Å². The van der Waals surface area contributed by atoms with Crippen LogP contribution in [-0.4, -0.2) is 40.4 Å². The van der Waals surface area contributed by atoms with E-state index in [4.69, 9.17) is 9.47 Å². The van der Waals surface area contributed by atoms with Crippen LogP contribution in [-0.2, 0) is 16.1 Å². The Morgan fingerprint density at radius 2 is 1.93 bits per heavy atom. The fraction of sp³-hybridized carbons (Fsp3) is 0.200.